The van der Waals surface area contributed by atoms with Gasteiger partial charge in [-0.05, 0) is 44.9 Å². The van der Waals surface area contributed by atoms with E-state index in [0.717, 1.165) is 12.1 Å². The molecule has 1 N–H and O–H groups in total. The van der Waals surface area contributed by atoms with E-state index in [1.54, 1.807) is 20.8 Å². The maximum absolute atomic E-state index is 12.4. The SMILES string of the molecule is CC(C)(C)OC(=O)CCCC(=O)NCc1ccc(C(F)(F)F)cc1. The van der Waals surface area contributed by atoms with Crippen LogP contribution in [0.25, 0.3) is 0 Å². The number of esters is 1. The average molecular weight is 345 g/mol. The van der Waals surface area contributed by atoms with Crippen molar-refractivity contribution in [2.45, 2.75) is 58.4 Å². The normalized spacial score (nSPS) is 11.9. The maximum Gasteiger partial charge on any atom is 0.416 e. The van der Waals surface area contributed by atoms with Crippen LogP contribution in [0.1, 0.15) is 51.2 Å². The third-order valence-corrected chi connectivity index (χ3v) is 2.98. The fourth-order valence-electron chi connectivity index (χ4n) is 1.89. The average Bonchev–Trinajstić information content (AvgIpc) is 2.42. The van der Waals surface area contributed by atoms with Gasteiger partial charge in [0.05, 0.1) is 5.56 Å². The van der Waals surface area contributed by atoms with E-state index in [2.05, 4.69) is 5.32 Å². The molecule has 0 saturated heterocycles. The molecule has 4 nitrogen and oxygen atoms in total. The third-order valence-electron chi connectivity index (χ3n) is 2.98. The summed E-state index contributed by atoms with van der Waals surface area (Å²) in [5.74, 6) is -0.628. The number of carbonyl (C=O) groups is 2. The number of hydrogen-bond acceptors (Lipinski definition) is 3. The van der Waals surface area contributed by atoms with E-state index in [9.17, 15) is 22.8 Å². The Bertz CT molecular complexity index is 560. The highest BCUT2D eigenvalue weighted by atomic mass is 19.4. The molecular formula is C17H22F3NO3. The maximum atomic E-state index is 12.4. The lowest BCUT2D eigenvalue weighted by molar-refractivity contribution is -0.154. The minimum Gasteiger partial charge on any atom is -0.460 e. The predicted octanol–water partition coefficient (Wildman–Crippen LogP) is 3.83. The molecule has 0 unspecified atom stereocenters. The van der Waals surface area contributed by atoms with Crippen LogP contribution in [-0.2, 0) is 27.0 Å². The quantitative estimate of drug-likeness (QED) is 0.797. The number of rotatable bonds is 6. The third kappa shape index (κ3) is 7.99. The van der Waals surface area contributed by atoms with Gasteiger partial charge in [-0.3, -0.25) is 9.59 Å². The Kier molecular flexibility index (Phi) is 6.81. The van der Waals surface area contributed by atoms with Gasteiger partial charge in [0.25, 0.3) is 0 Å². The highest BCUT2D eigenvalue weighted by Crippen LogP contribution is 2.29. The summed E-state index contributed by atoms with van der Waals surface area (Å²) in [6.45, 7) is 5.44. The molecule has 0 aliphatic rings. The summed E-state index contributed by atoms with van der Waals surface area (Å²) in [7, 11) is 0. The number of benzene rings is 1. The van der Waals surface area contributed by atoms with Crippen LogP contribution >= 0.6 is 0 Å². The van der Waals surface area contributed by atoms with E-state index >= 15 is 0 Å². The summed E-state index contributed by atoms with van der Waals surface area (Å²) < 4.78 is 42.4. The number of alkyl halides is 3. The zero-order valence-corrected chi connectivity index (χ0v) is 14.0. The topological polar surface area (TPSA) is 55.4 Å². The summed E-state index contributed by atoms with van der Waals surface area (Å²) in [6.07, 6.45) is -3.72. The standard InChI is InChI=1S/C17H22F3NO3/c1-16(2,3)24-15(23)6-4-5-14(22)21-11-12-7-9-13(10-8-12)17(18,19)20/h7-10H,4-6,11H2,1-3H3,(H,21,22). The van der Waals surface area contributed by atoms with Crippen LogP contribution in [0, 0.1) is 0 Å². The van der Waals surface area contributed by atoms with Crippen LogP contribution in [0.4, 0.5) is 13.2 Å². The zero-order valence-electron chi connectivity index (χ0n) is 14.0. The Morgan fingerprint density at radius 2 is 1.62 bits per heavy atom. The molecular weight excluding hydrogens is 323 g/mol. The Balaban J connectivity index is 2.30. The van der Waals surface area contributed by atoms with Crippen molar-refractivity contribution in [3.05, 3.63) is 35.4 Å². The lowest BCUT2D eigenvalue weighted by Gasteiger charge is -2.19. The van der Waals surface area contributed by atoms with Gasteiger partial charge in [0.15, 0.2) is 0 Å². The molecule has 0 atom stereocenters. The first-order valence-corrected chi connectivity index (χ1v) is 7.62. The molecule has 0 saturated carbocycles. The molecule has 1 amide bonds. The van der Waals surface area contributed by atoms with E-state index < -0.39 is 17.3 Å². The van der Waals surface area contributed by atoms with E-state index in [0.29, 0.717) is 12.0 Å². The molecule has 1 rings (SSSR count). The zero-order chi connectivity index (χ0) is 18.4. The van der Waals surface area contributed by atoms with Gasteiger partial charge in [0, 0.05) is 19.4 Å². The minimum atomic E-state index is -4.37. The van der Waals surface area contributed by atoms with Crippen LogP contribution in [-0.4, -0.2) is 17.5 Å². The number of halogens is 3. The van der Waals surface area contributed by atoms with Crippen LogP contribution in [0.2, 0.25) is 0 Å². The van der Waals surface area contributed by atoms with Gasteiger partial charge in [-0.1, -0.05) is 12.1 Å². The first-order chi connectivity index (χ1) is 11.0. The molecule has 0 fully saturated rings. The van der Waals surface area contributed by atoms with Gasteiger partial charge in [-0.15, -0.1) is 0 Å². The van der Waals surface area contributed by atoms with Gasteiger partial charge >= 0.3 is 12.1 Å². The summed E-state index contributed by atoms with van der Waals surface area (Å²) >= 11 is 0. The predicted molar refractivity (Wildman–Crippen MR) is 83.0 cm³/mol. The monoisotopic (exact) mass is 345 g/mol. The summed E-state index contributed by atoms with van der Waals surface area (Å²) in [5, 5.41) is 2.61. The summed E-state index contributed by atoms with van der Waals surface area (Å²) in [5.41, 5.74) is -0.708. The van der Waals surface area contributed by atoms with Crippen molar-refractivity contribution in [1.29, 1.82) is 0 Å². The number of hydrogen-bond donors (Lipinski definition) is 1. The molecule has 1 aromatic rings. The Morgan fingerprint density at radius 3 is 2.12 bits per heavy atom. The first kappa shape index (κ1) is 20.0. The van der Waals surface area contributed by atoms with E-state index in [-0.39, 0.29) is 31.3 Å². The molecule has 0 radical (unpaired) electrons. The molecule has 0 aliphatic heterocycles. The number of carbonyl (C=O) groups excluding carboxylic acids is 2. The smallest absolute Gasteiger partial charge is 0.416 e. The van der Waals surface area contributed by atoms with Crippen molar-refractivity contribution in [1.82, 2.24) is 5.32 Å². The Hall–Kier alpha value is -2.05. The van der Waals surface area contributed by atoms with Gasteiger partial charge < -0.3 is 10.1 Å². The molecule has 134 valence electrons. The summed E-state index contributed by atoms with van der Waals surface area (Å²) in [4.78, 5) is 23.2. The molecule has 0 aromatic heterocycles. The molecule has 0 spiro atoms. The van der Waals surface area contributed by atoms with E-state index in [1.807, 2.05) is 0 Å². The first-order valence-electron chi connectivity index (χ1n) is 7.62. The molecule has 0 bridgehead atoms. The fourth-order valence-corrected chi connectivity index (χ4v) is 1.89. The molecule has 24 heavy (non-hydrogen) atoms. The molecule has 7 heteroatoms. The van der Waals surface area contributed by atoms with E-state index in [4.69, 9.17) is 4.74 Å². The van der Waals surface area contributed by atoms with Crippen LogP contribution in [0.15, 0.2) is 24.3 Å². The van der Waals surface area contributed by atoms with Crippen molar-refractivity contribution < 1.29 is 27.5 Å². The number of ether oxygens (including phenoxy) is 1. The highest BCUT2D eigenvalue weighted by molar-refractivity contribution is 5.77. The minimum absolute atomic E-state index is 0.142. The van der Waals surface area contributed by atoms with Gasteiger partial charge in [0.2, 0.25) is 5.91 Å². The van der Waals surface area contributed by atoms with Crippen molar-refractivity contribution >= 4 is 11.9 Å². The van der Waals surface area contributed by atoms with Crippen molar-refractivity contribution in [2.75, 3.05) is 0 Å². The fraction of sp³-hybridized carbons (Fsp3) is 0.529. The van der Waals surface area contributed by atoms with Gasteiger partial charge in [-0.2, -0.15) is 13.2 Å². The lowest BCUT2D eigenvalue weighted by Crippen LogP contribution is -2.25. The van der Waals surface area contributed by atoms with Crippen molar-refractivity contribution in [3.8, 4) is 0 Å². The largest absolute Gasteiger partial charge is 0.460 e. The number of nitrogens with one attached hydrogen (secondary N) is 1. The lowest BCUT2D eigenvalue weighted by atomic mass is 10.1. The Labute approximate surface area is 139 Å². The molecule has 0 aliphatic carbocycles. The second-order valence-electron chi connectivity index (χ2n) is 6.41. The summed E-state index contributed by atoms with van der Waals surface area (Å²) in [6, 6.07) is 4.60. The van der Waals surface area contributed by atoms with E-state index in [1.165, 1.54) is 12.1 Å². The molecule has 0 heterocycles. The van der Waals surface area contributed by atoms with Crippen molar-refractivity contribution in [3.63, 3.8) is 0 Å². The second kappa shape index (κ2) is 8.17. The van der Waals surface area contributed by atoms with Crippen LogP contribution in [0.5, 0.6) is 0 Å². The second-order valence-corrected chi connectivity index (χ2v) is 6.41. The van der Waals surface area contributed by atoms with Gasteiger partial charge in [0.1, 0.15) is 5.60 Å². The van der Waals surface area contributed by atoms with Crippen LogP contribution < -0.4 is 5.32 Å². The Morgan fingerprint density at radius 1 is 1.04 bits per heavy atom. The highest BCUT2D eigenvalue weighted by Gasteiger charge is 2.29. The van der Waals surface area contributed by atoms with Gasteiger partial charge in [-0.25, -0.2) is 0 Å². The van der Waals surface area contributed by atoms with Crippen molar-refractivity contribution in [2.24, 2.45) is 0 Å². The van der Waals surface area contributed by atoms with Crippen LogP contribution in [0.3, 0.4) is 0 Å². The molecule has 1 aromatic carbocycles. The number of amides is 1.